The molecule has 0 atom stereocenters. The number of rotatable bonds is 1. The van der Waals surface area contributed by atoms with Crippen molar-refractivity contribution in [2.45, 2.75) is 38.3 Å². The van der Waals surface area contributed by atoms with Crippen molar-refractivity contribution in [3.05, 3.63) is 16.4 Å². The van der Waals surface area contributed by atoms with Gasteiger partial charge in [0.25, 0.3) is 0 Å². The van der Waals surface area contributed by atoms with E-state index in [0.717, 1.165) is 29.3 Å². The van der Waals surface area contributed by atoms with Crippen molar-refractivity contribution >= 4 is 23.4 Å². The van der Waals surface area contributed by atoms with E-state index in [1.807, 2.05) is 6.26 Å². The summed E-state index contributed by atoms with van der Waals surface area (Å²) in [5.41, 5.74) is 2.64. The molecule has 0 N–H and O–H groups in total. The van der Waals surface area contributed by atoms with Crippen LogP contribution in [0.2, 0.25) is 5.15 Å². The number of nitrogens with zero attached hydrogens (tertiary/aromatic N) is 2. The highest BCUT2D eigenvalue weighted by molar-refractivity contribution is 7.98. The van der Waals surface area contributed by atoms with Gasteiger partial charge in [0.2, 0.25) is 0 Å². The minimum absolute atomic E-state index is 0.334. The molecule has 1 heterocycles. The Morgan fingerprint density at radius 1 is 1.33 bits per heavy atom. The molecule has 82 valence electrons. The monoisotopic (exact) mass is 242 g/mol. The molecule has 1 aliphatic rings. The lowest BCUT2D eigenvalue weighted by Gasteiger charge is -2.30. The first-order valence-corrected chi connectivity index (χ1v) is 6.71. The first-order chi connectivity index (χ1) is 7.02. The summed E-state index contributed by atoms with van der Waals surface area (Å²) in [4.78, 5) is 8.81. The zero-order valence-electron chi connectivity index (χ0n) is 9.30. The molecule has 0 amide bonds. The third kappa shape index (κ3) is 2.28. The van der Waals surface area contributed by atoms with Crippen LogP contribution in [0.4, 0.5) is 0 Å². The third-order valence-corrected chi connectivity index (χ3v) is 3.76. The summed E-state index contributed by atoms with van der Waals surface area (Å²) in [6.45, 7) is 4.55. The molecule has 2 rings (SSSR count). The second-order valence-corrected chi connectivity index (χ2v) is 5.90. The van der Waals surface area contributed by atoms with Crippen molar-refractivity contribution in [1.82, 2.24) is 9.97 Å². The molecule has 1 aliphatic carbocycles. The standard InChI is InChI=1S/C11H15ClN2S/c1-11(2)5-4-8-7(6-11)9(12)14-10(13-8)15-3/h4-6H2,1-3H3. The van der Waals surface area contributed by atoms with Crippen molar-refractivity contribution < 1.29 is 0 Å². The fourth-order valence-corrected chi connectivity index (χ4v) is 2.67. The molecule has 1 aromatic heterocycles. The van der Waals surface area contributed by atoms with Crippen LogP contribution in [0.1, 0.15) is 31.5 Å². The van der Waals surface area contributed by atoms with Crippen molar-refractivity contribution in [3.63, 3.8) is 0 Å². The van der Waals surface area contributed by atoms with E-state index in [9.17, 15) is 0 Å². The van der Waals surface area contributed by atoms with Crippen molar-refractivity contribution in [3.8, 4) is 0 Å². The quantitative estimate of drug-likeness (QED) is 0.429. The Morgan fingerprint density at radius 3 is 2.73 bits per heavy atom. The summed E-state index contributed by atoms with van der Waals surface area (Å²) in [5, 5.41) is 1.44. The van der Waals surface area contributed by atoms with Crippen molar-refractivity contribution in [2.75, 3.05) is 6.26 Å². The number of fused-ring (bicyclic) bond motifs is 1. The first-order valence-electron chi connectivity index (χ1n) is 5.11. The van der Waals surface area contributed by atoms with Gasteiger partial charge in [-0.2, -0.15) is 0 Å². The van der Waals surface area contributed by atoms with Gasteiger partial charge in [0, 0.05) is 11.3 Å². The van der Waals surface area contributed by atoms with E-state index in [0.29, 0.717) is 10.6 Å². The molecular formula is C11H15ClN2S. The highest BCUT2D eigenvalue weighted by Gasteiger charge is 2.28. The minimum atomic E-state index is 0.334. The SMILES string of the molecule is CSc1nc(Cl)c2c(n1)CCC(C)(C)C2. The summed E-state index contributed by atoms with van der Waals surface area (Å²) < 4.78 is 0. The molecule has 0 bridgehead atoms. The van der Waals surface area contributed by atoms with Gasteiger partial charge in [-0.15, -0.1) is 0 Å². The fourth-order valence-electron chi connectivity index (χ4n) is 1.98. The maximum atomic E-state index is 6.19. The van der Waals surface area contributed by atoms with Gasteiger partial charge in [0.1, 0.15) is 5.15 Å². The Bertz CT molecular complexity index is 390. The smallest absolute Gasteiger partial charge is 0.188 e. The van der Waals surface area contributed by atoms with Crippen molar-refractivity contribution in [1.29, 1.82) is 0 Å². The van der Waals surface area contributed by atoms with E-state index >= 15 is 0 Å². The van der Waals surface area contributed by atoms with E-state index in [1.54, 1.807) is 11.8 Å². The topological polar surface area (TPSA) is 25.8 Å². The third-order valence-electron chi connectivity index (χ3n) is 2.90. The van der Waals surface area contributed by atoms with E-state index in [2.05, 4.69) is 23.8 Å². The van der Waals surface area contributed by atoms with Gasteiger partial charge in [0.15, 0.2) is 5.16 Å². The fraction of sp³-hybridized carbons (Fsp3) is 0.636. The zero-order valence-corrected chi connectivity index (χ0v) is 10.9. The zero-order chi connectivity index (χ0) is 11.1. The second-order valence-electron chi connectivity index (χ2n) is 4.77. The molecule has 0 saturated heterocycles. The number of aryl methyl sites for hydroxylation is 1. The maximum Gasteiger partial charge on any atom is 0.188 e. The lowest BCUT2D eigenvalue weighted by atomic mass is 9.76. The number of hydrogen-bond acceptors (Lipinski definition) is 3. The Balaban J connectivity index is 2.44. The van der Waals surface area contributed by atoms with Crippen LogP contribution >= 0.6 is 23.4 Å². The van der Waals surface area contributed by atoms with Gasteiger partial charge in [-0.05, 0) is 30.9 Å². The molecule has 1 aromatic rings. The van der Waals surface area contributed by atoms with Gasteiger partial charge < -0.3 is 0 Å². The highest BCUT2D eigenvalue weighted by atomic mass is 35.5. The van der Waals surface area contributed by atoms with Crippen LogP contribution in [0.25, 0.3) is 0 Å². The molecular weight excluding hydrogens is 228 g/mol. The summed E-state index contributed by atoms with van der Waals surface area (Å²) >= 11 is 7.74. The van der Waals surface area contributed by atoms with Gasteiger partial charge in [-0.3, -0.25) is 0 Å². The average molecular weight is 243 g/mol. The van der Waals surface area contributed by atoms with Crippen LogP contribution in [-0.4, -0.2) is 16.2 Å². The summed E-state index contributed by atoms with van der Waals surface area (Å²) in [6.07, 6.45) is 5.18. The Morgan fingerprint density at radius 2 is 2.07 bits per heavy atom. The molecule has 2 nitrogen and oxygen atoms in total. The lowest BCUT2D eigenvalue weighted by Crippen LogP contribution is -2.24. The average Bonchev–Trinajstić information content (AvgIpc) is 2.18. The molecule has 0 spiro atoms. The predicted octanol–water partition coefficient (Wildman–Crippen LogP) is 3.37. The van der Waals surface area contributed by atoms with E-state index < -0.39 is 0 Å². The summed E-state index contributed by atoms with van der Waals surface area (Å²) in [5.74, 6) is 0. The van der Waals surface area contributed by atoms with Gasteiger partial charge >= 0.3 is 0 Å². The molecule has 4 heteroatoms. The van der Waals surface area contributed by atoms with E-state index in [4.69, 9.17) is 11.6 Å². The molecule has 0 saturated carbocycles. The largest absolute Gasteiger partial charge is 0.227 e. The van der Waals surface area contributed by atoms with Crippen LogP contribution in [0, 0.1) is 5.41 Å². The molecule has 0 unspecified atom stereocenters. The molecule has 0 fully saturated rings. The minimum Gasteiger partial charge on any atom is -0.227 e. The van der Waals surface area contributed by atoms with Crippen LogP contribution in [0.15, 0.2) is 5.16 Å². The van der Waals surface area contributed by atoms with E-state index in [-0.39, 0.29) is 0 Å². The highest BCUT2D eigenvalue weighted by Crippen LogP contribution is 2.36. The van der Waals surface area contributed by atoms with Crippen molar-refractivity contribution in [2.24, 2.45) is 5.41 Å². The summed E-state index contributed by atoms with van der Waals surface area (Å²) in [6, 6.07) is 0. The summed E-state index contributed by atoms with van der Waals surface area (Å²) in [7, 11) is 0. The number of thioether (sulfide) groups is 1. The molecule has 0 aromatic carbocycles. The maximum absolute atomic E-state index is 6.19. The normalized spacial score (nSPS) is 18.7. The molecule has 0 radical (unpaired) electrons. The van der Waals surface area contributed by atoms with Crippen LogP contribution in [0.5, 0.6) is 0 Å². The van der Waals surface area contributed by atoms with Crippen LogP contribution in [-0.2, 0) is 12.8 Å². The first kappa shape index (κ1) is 11.2. The van der Waals surface area contributed by atoms with Crippen LogP contribution in [0.3, 0.4) is 0 Å². The van der Waals surface area contributed by atoms with E-state index in [1.165, 1.54) is 6.42 Å². The molecule has 15 heavy (non-hydrogen) atoms. The number of halogens is 1. The van der Waals surface area contributed by atoms with Gasteiger partial charge in [-0.25, -0.2) is 9.97 Å². The van der Waals surface area contributed by atoms with Gasteiger partial charge in [-0.1, -0.05) is 37.2 Å². The van der Waals surface area contributed by atoms with Gasteiger partial charge in [0.05, 0.1) is 0 Å². The Labute approximate surface area is 99.8 Å². The predicted molar refractivity (Wildman–Crippen MR) is 64.6 cm³/mol. The lowest BCUT2D eigenvalue weighted by molar-refractivity contribution is 0.310. The Kier molecular flexibility index (Phi) is 2.95. The number of aromatic nitrogens is 2. The Hall–Kier alpha value is -0.280. The second kappa shape index (κ2) is 3.95. The molecule has 0 aliphatic heterocycles. The number of hydrogen-bond donors (Lipinski definition) is 0. The van der Waals surface area contributed by atoms with Crippen LogP contribution < -0.4 is 0 Å².